The Bertz CT molecular complexity index is 276. The molecule has 0 spiro atoms. The quantitative estimate of drug-likeness (QED) is 0.413. The van der Waals surface area contributed by atoms with Gasteiger partial charge in [-0.3, -0.25) is 19.9 Å². The van der Waals surface area contributed by atoms with Crippen LogP contribution in [0.1, 0.15) is 6.92 Å². The van der Waals surface area contributed by atoms with Gasteiger partial charge in [0.25, 0.3) is 12.2 Å². The molecule has 0 atom stereocenters. The van der Waals surface area contributed by atoms with Crippen molar-refractivity contribution in [3.8, 4) is 0 Å². The predicted molar refractivity (Wildman–Crippen MR) is 48.6 cm³/mol. The number of aromatic nitrogens is 1. The van der Waals surface area contributed by atoms with E-state index in [0.29, 0.717) is 13.1 Å². The molecule has 0 aliphatic carbocycles. The third kappa shape index (κ3) is 5.64. The lowest BCUT2D eigenvalue weighted by Crippen LogP contribution is -1.86. The molecule has 0 unspecified atom stereocenters. The summed E-state index contributed by atoms with van der Waals surface area (Å²) >= 11 is 0. The minimum absolute atomic E-state index is 0.0255. The zero-order valence-electron chi connectivity index (χ0n) is 7.62. The van der Waals surface area contributed by atoms with Crippen LogP contribution in [0.4, 0.5) is 5.69 Å². The van der Waals surface area contributed by atoms with E-state index in [2.05, 4.69) is 9.72 Å². The normalized spacial score (nSPS) is 8.07. The summed E-state index contributed by atoms with van der Waals surface area (Å²) in [5, 5.41) is 9.97. The second kappa shape index (κ2) is 7.66. The first kappa shape index (κ1) is 12.0. The molecule has 1 aromatic heterocycles. The topological polar surface area (TPSA) is 82.3 Å². The molecular formula is C8H10N2O4. The summed E-state index contributed by atoms with van der Waals surface area (Å²) in [6.45, 7) is 2.66. The maximum atomic E-state index is 9.97. The standard InChI is InChI=1S/C5H4N2O2.C3H6O2/c8-7(9)5-2-1-3-6-4-5;1-2-5-3-4/h1-4H;3H,2H2,1H3. The largest absolute Gasteiger partial charge is 0.468 e. The molecule has 1 aromatic rings. The number of nitrogens with zero attached hydrogens (tertiary/aromatic N) is 2. The number of carbonyl (C=O) groups excluding carboxylic acids is 1. The molecule has 0 fully saturated rings. The molecule has 0 aromatic carbocycles. The summed E-state index contributed by atoms with van der Waals surface area (Å²) in [4.78, 5) is 22.2. The lowest BCUT2D eigenvalue weighted by atomic mass is 10.4. The number of hydrogen-bond donors (Lipinski definition) is 0. The van der Waals surface area contributed by atoms with Crippen molar-refractivity contribution in [1.29, 1.82) is 0 Å². The maximum absolute atomic E-state index is 9.97. The highest BCUT2D eigenvalue weighted by Gasteiger charge is 1.99. The van der Waals surface area contributed by atoms with Crippen LogP contribution in [0.3, 0.4) is 0 Å². The van der Waals surface area contributed by atoms with E-state index in [9.17, 15) is 14.9 Å². The van der Waals surface area contributed by atoms with E-state index in [1.165, 1.54) is 24.5 Å². The monoisotopic (exact) mass is 198 g/mol. The summed E-state index contributed by atoms with van der Waals surface area (Å²) in [7, 11) is 0. The summed E-state index contributed by atoms with van der Waals surface area (Å²) in [5.41, 5.74) is 0.0255. The van der Waals surface area contributed by atoms with Crippen molar-refractivity contribution in [2.24, 2.45) is 0 Å². The van der Waals surface area contributed by atoms with E-state index in [1.54, 1.807) is 6.92 Å². The molecule has 0 amide bonds. The minimum Gasteiger partial charge on any atom is -0.468 e. The molecule has 0 N–H and O–H groups in total. The Morgan fingerprint density at radius 1 is 1.71 bits per heavy atom. The van der Waals surface area contributed by atoms with Crippen LogP contribution in [0.15, 0.2) is 24.5 Å². The van der Waals surface area contributed by atoms with Crippen LogP contribution >= 0.6 is 0 Å². The van der Waals surface area contributed by atoms with Crippen molar-refractivity contribution in [2.75, 3.05) is 6.61 Å². The van der Waals surface area contributed by atoms with Gasteiger partial charge in [-0.15, -0.1) is 0 Å². The van der Waals surface area contributed by atoms with Gasteiger partial charge in [0, 0.05) is 12.3 Å². The molecule has 0 bridgehead atoms. The first-order chi connectivity index (χ1) is 6.72. The van der Waals surface area contributed by atoms with E-state index in [0.717, 1.165) is 0 Å². The molecule has 14 heavy (non-hydrogen) atoms. The second-order valence-corrected chi connectivity index (χ2v) is 2.02. The van der Waals surface area contributed by atoms with Gasteiger partial charge in [-0.2, -0.15) is 0 Å². The summed E-state index contributed by atoms with van der Waals surface area (Å²) in [5.74, 6) is 0. The van der Waals surface area contributed by atoms with Crippen molar-refractivity contribution >= 4 is 12.2 Å². The Balaban J connectivity index is 0.000000292. The van der Waals surface area contributed by atoms with Crippen LogP contribution in [-0.2, 0) is 9.53 Å². The molecule has 6 heteroatoms. The Kier molecular flexibility index (Phi) is 6.57. The highest BCUT2D eigenvalue weighted by atomic mass is 16.6. The molecule has 0 aliphatic rings. The molecule has 6 nitrogen and oxygen atoms in total. The SMILES string of the molecule is CCOC=O.O=[N+]([O-])c1cccnc1. The van der Waals surface area contributed by atoms with Crippen LogP contribution in [0, 0.1) is 10.1 Å². The number of rotatable bonds is 3. The zero-order chi connectivity index (χ0) is 10.8. The van der Waals surface area contributed by atoms with E-state index in [4.69, 9.17) is 0 Å². The van der Waals surface area contributed by atoms with Crippen molar-refractivity contribution < 1.29 is 14.5 Å². The Hall–Kier alpha value is -1.98. The van der Waals surface area contributed by atoms with Gasteiger partial charge in [0.1, 0.15) is 6.20 Å². The van der Waals surface area contributed by atoms with Crippen molar-refractivity contribution in [1.82, 2.24) is 4.98 Å². The van der Waals surface area contributed by atoms with Crippen LogP contribution in [0.2, 0.25) is 0 Å². The highest BCUT2D eigenvalue weighted by Crippen LogP contribution is 2.04. The van der Waals surface area contributed by atoms with Crippen molar-refractivity contribution in [3.05, 3.63) is 34.6 Å². The van der Waals surface area contributed by atoms with E-state index < -0.39 is 4.92 Å². The number of hydrogen-bond acceptors (Lipinski definition) is 5. The van der Waals surface area contributed by atoms with Crippen LogP contribution in [-0.4, -0.2) is 23.0 Å². The first-order valence-corrected chi connectivity index (χ1v) is 3.82. The van der Waals surface area contributed by atoms with E-state index >= 15 is 0 Å². The van der Waals surface area contributed by atoms with E-state index in [1.807, 2.05) is 0 Å². The van der Waals surface area contributed by atoms with Gasteiger partial charge in [-0.05, 0) is 13.0 Å². The maximum Gasteiger partial charge on any atom is 0.293 e. The van der Waals surface area contributed by atoms with Gasteiger partial charge in [0.15, 0.2) is 0 Å². The van der Waals surface area contributed by atoms with Gasteiger partial charge >= 0.3 is 0 Å². The minimum atomic E-state index is -0.479. The van der Waals surface area contributed by atoms with Gasteiger partial charge in [0.05, 0.1) is 11.5 Å². The smallest absolute Gasteiger partial charge is 0.293 e. The van der Waals surface area contributed by atoms with Crippen molar-refractivity contribution in [3.63, 3.8) is 0 Å². The van der Waals surface area contributed by atoms with Gasteiger partial charge in [-0.25, -0.2) is 0 Å². The third-order valence-corrected chi connectivity index (χ3v) is 1.09. The molecule has 0 radical (unpaired) electrons. The van der Waals surface area contributed by atoms with Gasteiger partial charge in [0.2, 0.25) is 0 Å². The number of carbonyl (C=O) groups is 1. The summed E-state index contributed by atoms with van der Waals surface area (Å²) in [6.07, 6.45) is 2.70. The van der Waals surface area contributed by atoms with Crippen molar-refractivity contribution in [2.45, 2.75) is 6.92 Å². The molecule has 0 saturated heterocycles. The molecular weight excluding hydrogens is 188 g/mol. The first-order valence-electron chi connectivity index (χ1n) is 3.82. The number of nitro groups is 1. The third-order valence-electron chi connectivity index (χ3n) is 1.09. The van der Waals surface area contributed by atoms with E-state index in [-0.39, 0.29) is 5.69 Å². The number of ether oxygens (including phenoxy) is 1. The highest BCUT2D eigenvalue weighted by molar-refractivity contribution is 5.36. The molecule has 0 aliphatic heterocycles. The molecule has 1 heterocycles. The zero-order valence-corrected chi connectivity index (χ0v) is 7.62. The van der Waals surface area contributed by atoms with Crippen LogP contribution < -0.4 is 0 Å². The fourth-order valence-electron chi connectivity index (χ4n) is 0.530. The lowest BCUT2D eigenvalue weighted by Gasteiger charge is -1.84. The Labute approximate surface area is 80.7 Å². The summed E-state index contributed by atoms with van der Waals surface area (Å²) in [6, 6.07) is 2.92. The molecule has 1 rings (SSSR count). The molecule has 0 saturated carbocycles. The average Bonchev–Trinajstić information content (AvgIpc) is 2.21. The van der Waals surface area contributed by atoms with Crippen LogP contribution in [0.5, 0.6) is 0 Å². The lowest BCUT2D eigenvalue weighted by molar-refractivity contribution is -0.385. The average molecular weight is 198 g/mol. The Morgan fingerprint density at radius 2 is 2.43 bits per heavy atom. The fourth-order valence-corrected chi connectivity index (χ4v) is 0.530. The summed E-state index contributed by atoms with van der Waals surface area (Å²) < 4.78 is 4.15. The number of pyridine rings is 1. The van der Waals surface area contributed by atoms with Gasteiger partial charge < -0.3 is 4.74 Å². The molecule has 76 valence electrons. The predicted octanol–water partition coefficient (Wildman–Crippen LogP) is 1.17. The Morgan fingerprint density at radius 3 is 2.64 bits per heavy atom. The van der Waals surface area contributed by atoms with Crippen LogP contribution in [0.25, 0.3) is 0 Å². The fraction of sp³-hybridized carbons (Fsp3) is 0.250. The second-order valence-electron chi connectivity index (χ2n) is 2.02. The van der Waals surface area contributed by atoms with Gasteiger partial charge in [-0.1, -0.05) is 0 Å².